The first-order valence-electron chi connectivity index (χ1n) is 9.98. The largest absolute Gasteiger partial charge is 0.481 e. The molecule has 29 heavy (non-hydrogen) atoms. The Labute approximate surface area is 168 Å². The van der Waals surface area contributed by atoms with Gasteiger partial charge in [0.1, 0.15) is 5.92 Å². The van der Waals surface area contributed by atoms with Gasteiger partial charge in [-0.3, -0.25) is 14.4 Å². The number of carboxylic acid groups (broad SMARTS) is 3. The molecular formula is C20H28O9. The minimum absolute atomic E-state index is 0.305. The molecule has 9 nitrogen and oxygen atoms in total. The molecular weight excluding hydrogens is 384 g/mol. The van der Waals surface area contributed by atoms with E-state index in [4.69, 9.17) is 14.6 Å². The van der Waals surface area contributed by atoms with Crippen LogP contribution in [0.2, 0.25) is 0 Å². The molecule has 9 heteroatoms. The first-order valence-corrected chi connectivity index (χ1v) is 9.98. The lowest BCUT2D eigenvalue weighted by Crippen LogP contribution is -2.50. The van der Waals surface area contributed by atoms with Gasteiger partial charge in [0.25, 0.3) is 5.79 Å². The highest BCUT2D eigenvalue weighted by Crippen LogP contribution is 2.49. The van der Waals surface area contributed by atoms with Crippen LogP contribution in [0.5, 0.6) is 0 Å². The van der Waals surface area contributed by atoms with Gasteiger partial charge < -0.3 is 24.8 Å². The first kappa shape index (κ1) is 22.9. The lowest BCUT2D eigenvalue weighted by atomic mass is 9.83. The highest BCUT2D eigenvalue weighted by atomic mass is 16.7. The highest BCUT2D eigenvalue weighted by Gasteiger charge is 2.69. The summed E-state index contributed by atoms with van der Waals surface area (Å²) in [6.45, 7) is 2.14. The number of rotatable bonds is 12. The zero-order valence-electron chi connectivity index (χ0n) is 16.5. The molecule has 3 atom stereocenters. The van der Waals surface area contributed by atoms with Gasteiger partial charge >= 0.3 is 17.9 Å². The van der Waals surface area contributed by atoms with Gasteiger partial charge in [-0.05, 0) is 12.8 Å². The fraction of sp³-hybridized carbons (Fsp3) is 0.700. The summed E-state index contributed by atoms with van der Waals surface area (Å²) >= 11 is 0. The van der Waals surface area contributed by atoms with E-state index in [1.807, 2.05) is 0 Å². The maximum Gasteiger partial charge on any atom is 0.337 e. The second-order valence-electron chi connectivity index (χ2n) is 7.68. The van der Waals surface area contributed by atoms with Crippen molar-refractivity contribution in [1.29, 1.82) is 0 Å². The Balaban J connectivity index is 2.04. The van der Waals surface area contributed by atoms with Crippen molar-refractivity contribution >= 4 is 23.7 Å². The molecule has 1 spiro atoms. The Kier molecular flexibility index (Phi) is 7.40. The van der Waals surface area contributed by atoms with E-state index in [1.165, 1.54) is 19.1 Å². The predicted octanol–water partition coefficient (Wildman–Crippen LogP) is 2.73. The molecule has 3 unspecified atom stereocenters. The molecule has 1 fully saturated rings. The number of carbonyl (C=O) groups is 4. The standard InChI is InChI=1S/C20H28O9/c1-2-3-4-5-6-7-8-9-13-12-28-20(16(13)23)10-14(17(24)25)19(29-20,18(26)27)11-15(21)22/h12,14H,2-11H2,1H3,(H,21,22)(H,24,25)(H,26,27). The molecule has 162 valence electrons. The maximum absolute atomic E-state index is 12.8. The topological polar surface area (TPSA) is 147 Å². The number of ether oxygens (including phenoxy) is 2. The van der Waals surface area contributed by atoms with Crippen molar-refractivity contribution in [3.63, 3.8) is 0 Å². The summed E-state index contributed by atoms with van der Waals surface area (Å²) in [6, 6.07) is 0. The molecule has 0 bridgehead atoms. The number of Topliss-reactive ketones (excluding diaryl/α,β-unsaturated/α-hetero) is 1. The summed E-state index contributed by atoms with van der Waals surface area (Å²) in [5, 5.41) is 28.1. The number of hydrogen-bond donors (Lipinski definition) is 3. The lowest BCUT2D eigenvalue weighted by molar-refractivity contribution is -0.224. The van der Waals surface area contributed by atoms with Crippen LogP contribution >= 0.6 is 0 Å². The van der Waals surface area contributed by atoms with Gasteiger partial charge in [0.05, 0.1) is 12.7 Å². The summed E-state index contributed by atoms with van der Waals surface area (Å²) in [4.78, 5) is 47.4. The van der Waals surface area contributed by atoms with Crippen molar-refractivity contribution in [2.24, 2.45) is 5.92 Å². The van der Waals surface area contributed by atoms with E-state index in [1.54, 1.807) is 0 Å². The molecule has 2 heterocycles. The summed E-state index contributed by atoms with van der Waals surface area (Å²) < 4.78 is 10.7. The molecule has 0 aromatic heterocycles. The van der Waals surface area contributed by atoms with Crippen LogP contribution < -0.4 is 0 Å². The highest BCUT2D eigenvalue weighted by molar-refractivity contribution is 6.04. The molecule has 3 N–H and O–H groups in total. The van der Waals surface area contributed by atoms with E-state index in [9.17, 15) is 29.4 Å². The first-order chi connectivity index (χ1) is 13.7. The number of hydrogen-bond acceptors (Lipinski definition) is 6. The van der Waals surface area contributed by atoms with E-state index >= 15 is 0 Å². The number of carboxylic acids is 3. The third-order valence-corrected chi connectivity index (χ3v) is 5.54. The Morgan fingerprint density at radius 1 is 1.07 bits per heavy atom. The van der Waals surface area contributed by atoms with Gasteiger partial charge in [-0.15, -0.1) is 0 Å². The summed E-state index contributed by atoms with van der Waals surface area (Å²) in [5.41, 5.74) is -2.27. The summed E-state index contributed by atoms with van der Waals surface area (Å²) in [5.74, 6) is -9.29. The minimum Gasteiger partial charge on any atom is -0.481 e. The second kappa shape index (κ2) is 9.39. The van der Waals surface area contributed by atoms with Crippen molar-refractivity contribution in [1.82, 2.24) is 0 Å². The van der Waals surface area contributed by atoms with Crippen LogP contribution in [-0.4, -0.2) is 50.4 Å². The van der Waals surface area contributed by atoms with Gasteiger partial charge in [0, 0.05) is 12.0 Å². The van der Waals surface area contributed by atoms with Crippen molar-refractivity contribution in [3.8, 4) is 0 Å². The molecule has 0 amide bonds. The third-order valence-electron chi connectivity index (χ3n) is 5.54. The fourth-order valence-corrected chi connectivity index (χ4v) is 3.95. The van der Waals surface area contributed by atoms with E-state index < -0.39 is 53.8 Å². The lowest BCUT2D eigenvalue weighted by Gasteiger charge is -2.28. The molecule has 2 aliphatic rings. The van der Waals surface area contributed by atoms with E-state index in [-0.39, 0.29) is 0 Å². The van der Waals surface area contributed by atoms with Gasteiger partial charge in [0.2, 0.25) is 5.78 Å². The Morgan fingerprint density at radius 3 is 2.24 bits per heavy atom. The minimum atomic E-state index is -2.57. The van der Waals surface area contributed by atoms with E-state index in [2.05, 4.69) is 6.92 Å². The van der Waals surface area contributed by atoms with Crippen LogP contribution in [0.1, 0.15) is 71.1 Å². The monoisotopic (exact) mass is 412 g/mol. The molecule has 0 aromatic rings. The van der Waals surface area contributed by atoms with Crippen molar-refractivity contribution in [2.75, 3.05) is 0 Å². The average Bonchev–Trinajstić information content (AvgIpc) is 3.13. The van der Waals surface area contributed by atoms with Crippen LogP contribution in [0.15, 0.2) is 11.8 Å². The van der Waals surface area contributed by atoms with Crippen LogP contribution in [0.4, 0.5) is 0 Å². The number of aliphatic carboxylic acids is 3. The average molecular weight is 412 g/mol. The second-order valence-corrected chi connectivity index (χ2v) is 7.68. The maximum atomic E-state index is 12.8. The van der Waals surface area contributed by atoms with E-state index in [0.29, 0.717) is 12.0 Å². The van der Waals surface area contributed by atoms with Gasteiger partial charge in [-0.1, -0.05) is 45.4 Å². The zero-order valence-corrected chi connectivity index (χ0v) is 16.5. The molecule has 0 saturated carbocycles. The van der Waals surface area contributed by atoms with Crippen LogP contribution in [0.25, 0.3) is 0 Å². The molecule has 0 radical (unpaired) electrons. The van der Waals surface area contributed by atoms with E-state index in [0.717, 1.165) is 32.1 Å². The van der Waals surface area contributed by atoms with Crippen molar-refractivity contribution < 1.29 is 44.0 Å². The molecule has 0 aromatic carbocycles. The Bertz CT molecular complexity index is 698. The Morgan fingerprint density at radius 2 is 1.69 bits per heavy atom. The van der Waals surface area contributed by atoms with Gasteiger partial charge in [0.15, 0.2) is 5.60 Å². The molecule has 0 aliphatic carbocycles. The summed E-state index contributed by atoms with van der Waals surface area (Å²) in [7, 11) is 0. The smallest absolute Gasteiger partial charge is 0.337 e. The van der Waals surface area contributed by atoms with Crippen LogP contribution in [0.3, 0.4) is 0 Å². The SMILES string of the molecule is CCCCCCCCCC1=COC2(CC(C(=O)O)C(CC(=O)O)(C(=O)O)O2)C1=O. The number of carbonyl (C=O) groups excluding carboxylic acids is 1. The van der Waals surface area contributed by atoms with Crippen molar-refractivity contribution in [3.05, 3.63) is 11.8 Å². The molecule has 1 saturated heterocycles. The number of unbranched alkanes of at least 4 members (excludes halogenated alkanes) is 6. The van der Waals surface area contributed by atoms with Gasteiger partial charge in [-0.2, -0.15) is 0 Å². The molecule has 2 aliphatic heterocycles. The predicted molar refractivity (Wildman–Crippen MR) is 99.0 cm³/mol. The molecule has 2 rings (SSSR count). The summed E-state index contributed by atoms with van der Waals surface area (Å²) in [6.07, 6.45) is 7.33. The quantitative estimate of drug-likeness (QED) is 0.411. The normalized spacial score (nSPS) is 28.4. The zero-order chi connectivity index (χ0) is 21.7. The van der Waals surface area contributed by atoms with Crippen molar-refractivity contribution in [2.45, 2.75) is 82.5 Å². The third kappa shape index (κ3) is 4.77. The number of ketones is 1. The van der Waals surface area contributed by atoms with Gasteiger partial charge in [-0.25, -0.2) is 4.79 Å². The Hall–Kier alpha value is -2.42. The fourth-order valence-electron chi connectivity index (χ4n) is 3.95. The van der Waals surface area contributed by atoms with Crippen LogP contribution in [-0.2, 0) is 28.7 Å². The van der Waals surface area contributed by atoms with Crippen LogP contribution in [0, 0.1) is 5.92 Å².